The summed E-state index contributed by atoms with van der Waals surface area (Å²) < 4.78 is 43.7. The number of rotatable bonds is 7. The van der Waals surface area contributed by atoms with Crippen LogP contribution in [0.2, 0.25) is 0 Å². The Morgan fingerprint density at radius 2 is 1.90 bits per heavy atom. The second-order valence-corrected chi connectivity index (χ2v) is 9.84. The highest BCUT2D eigenvalue weighted by Gasteiger charge is 2.33. The second kappa shape index (κ2) is 8.65. The smallest absolute Gasteiger partial charge is 0.241 e. The topological polar surface area (TPSA) is 76.3 Å². The van der Waals surface area contributed by atoms with Gasteiger partial charge in [0.25, 0.3) is 0 Å². The fourth-order valence-corrected chi connectivity index (χ4v) is 5.48. The summed E-state index contributed by atoms with van der Waals surface area (Å²) in [6, 6.07) is 14.3. The first kappa shape index (κ1) is 20.7. The Kier molecular flexibility index (Phi) is 5.97. The number of halogens is 1. The molecule has 30 heavy (non-hydrogen) atoms. The van der Waals surface area contributed by atoms with E-state index in [1.807, 2.05) is 29.2 Å². The largest absolute Gasteiger partial charge is 0.338 e. The van der Waals surface area contributed by atoms with Gasteiger partial charge in [0.1, 0.15) is 5.82 Å². The molecule has 0 bridgehead atoms. The number of hydrogen-bond donors (Lipinski definition) is 0. The van der Waals surface area contributed by atoms with Crippen LogP contribution in [0.1, 0.15) is 30.4 Å². The van der Waals surface area contributed by atoms with Gasteiger partial charge in [-0.15, -0.1) is 0 Å². The molecule has 2 heterocycles. The molecule has 1 atom stereocenters. The summed E-state index contributed by atoms with van der Waals surface area (Å²) in [6.45, 7) is 2.62. The van der Waals surface area contributed by atoms with E-state index in [1.165, 1.54) is 11.6 Å². The van der Waals surface area contributed by atoms with Crippen LogP contribution in [0, 0.1) is 5.82 Å². The van der Waals surface area contributed by atoms with Crippen molar-refractivity contribution in [3.63, 3.8) is 0 Å². The Balaban J connectivity index is 1.55. The van der Waals surface area contributed by atoms with Crippen molar-refractivity contribution < 1.29 is 17.3 Å². The lowest BCUT2D eigenvalue weighted by atomic mass is 10.1. The van der Waals surface area contributed by atoms with Crippen LogP contribution in [0.25, 0.3) is 11.4 Å². The van der Waals surface area contributed by atoms with Gasteiger partial charge in [-0.1, -0.05) is 54.5 Å². The average Bonchev–Trinajstić information content (AvgIpc) is 3.35. The summed E-state index contributed by atoms with van der Waals surface area (Å²) >= 11 is 0. The molecule has 0 aliphatic carbocycles. The highest BCUT2D eigenvalue weighted by Crippen LogP contribution is 2.24. The number of benzene rings is 2. The minimum absolute atomic E-state index is 0.0565. The third kappa shape index (κ3) is 4.76. The van der Waals surface area contributed by atoms with Crippen LogP contribution < -0.4 is 0 Å². The molecule has 2 aromatic carbocycles. The molecule has 0 saturated carbocycles. The zero-order valence-electron chi connectivity index (χ0n) is 16.8. The van der Waals surface area contributed by atoms with Gasteiger partial charge in [-0.2, -0.15) is 4.98 Å². The molecule has 1 fully saturated rings. The van der Waals surface area contributed by atoms with E-state index in [-0.39, 0.29) is 36.5 Å². The van der Waals surface area contributed by atoms with Crippen molar-refractivity contribution in [1.82, 2.24) is 15.0 Å². The first-order chi connectivity index (χ1) is 14.4. The maximum absolute atomic E-state index is 14.2. The van der Waals surface area contributed by atoms with E-state index in [1.54, 1.807) is 18.2 Å². The van der Waals surface area contributed by atoms with Crippen molar-refractivity contribution >= 4 is 9.84 Å². The standard InChI is InChI=1S/C22H24FN3O3S/c1-2-16-7-9-17(10-8-16)22-24-21(29-25-22)14-26(19-11-12-30(27,28)15-19)13-18-5-3-4-6-20(18)23/h3-10,19H,2,11-15H2,1H3/t19-/m0/s1. The van der Waals surface area contributed by atoms with E-state index in [0.717, 1.165) is 12.0 Å². The first-order valence-electron chi connectivity index (χ1n) is 10.0. The minimum Gasteiger partial charge on any atom is -0.338 e. The van der Waals surface area contributed by atoms with Gasteiger partial charge in [0, 0.05) is 23.7 Å². The molecule has 6 nitrogen and oxygen atoms in total. The normalized spacial score (nSPS) is 18.2. The second-order valence-electron chi connectivity index (χ2n) is 7.62. The van der Waals surface area contributed by atoms with E-state index < -0.39 is 9.84 Å². The fourth-order valence-electron chi connectivity index (χ4n) is 3.72. The maximum atomic E-state index is 14.2. The van der Waals surface area contributed by atoms with Crippen LogP contribution in [-0.4, -0.2) is 41.0 Å². The number of aromatic nitrogens is 2. The molecule has 8 heteroatoms. The van der Waals surface area contributed by atoms with E-state index in [9.17, 15) is 12.8 Å². The lowest BCUT2D eigenvalue weighted by Crippen LogP contribution is -2.35. The number of sulfone groups is 1. The Morgan fingerprint density at radius 1 is 1.13 bits per heavy atom. The van der Waals surface area contributed by atoms with Gasteiger partial charge >= 0.3 is 0 Å². The summed E-state index contributed by atoms with van der Waals surface area (Å²) in [4.78, 5) is 6.40. The van der Waals surface area contributed by atoms with E-state index in [0.29, 0.717) is 23.7 Å². The van der Waals surface area contributed by atoms with E-state index >= 15 is 0 Å². The quantitative estimate of drug-likeness (QED) is 0.571. The molecule has 1 aliphatic rings. The van der Waals surface area contributed by atoms with Crippen molar-refractivity contribution in [2.75, 3.05) is 11.5 Å². The molecule has 0 radical (unpaired) electrons. The average molecular weight is 430 g/mol. The number of hydrogen-bond acceptors (Lipinski definition) is 6. The highest BCUT2D eigenvalue weighted by atomic mass is 32.2. The van der Waals surface area contributed by atoms with Crippen LogP contribution in [0.4, 0.5) is 4.39 Å². The Morgan fingerprint density at radius 3 is 2.57 bits per heavy atom. The third-order valence-electron chi connectivity index (χ3n) is 5.48. The van der Waals surface area contributed by atoms with Gasteiger partial charge in [-0.25, -0.2) is 12.8 Å². The van der Waals surface area contributed by atoms with E-state index in [4.69, 9.17) is 4.52 Å². The molecule has 3 aromatic rings. The molecule has 0 spiro atoms. The highest BCUT2D eigenvalue weighted by molar-refractivity contribution is 7.91. The molecule has 1 aromatic heterocycles. The number of nitrogens with zero attached hydrogens (tertiary/aromatic N) is 3. The monoisotopic (exact) mass is 429 g/mol. The number of aryl methyl sites for hydroxylation is 1. The summed E-state index contributed by atoms with van der Waals surface area (Å²) in [5.74, 6) is 0.749. The summed E-state index contributed by atoms with van der Waals surface area (Å²) in [6.07, 6.45) is 1.46. The fraction of sp³-hybridized carbons (Fsp3) is 0.364. The molecule has 4 rings (SSSR count). The van der Waals surface area contributed by atoms with Gasteiger partial charge in [-0.05, 0) is 24.5 Å². The molecule has 1 aliphatic heterocycles. The van der Waals surface area contributed by atoms with Gasteiger partial charge in [-0.3, -0.25) is 4.90 Å². The van der Waals surface area contributed by atoms with Crippen molar-refractivity contribution in [2.24, 2.45) is 0 Å². The van der Waals surface area contributed by atoms with Crippen molar-refractivity contribution in [1.29, 1.82) is 0 Å². The molecular weight excluding hydrogens is 405 g/mol. The van der Waals surface area contributed by atoms with Gasteiger partial charge < -0.3 is 4.52 Å². The third-order valence-corrected chi connectivity index (χ3v) is 7.23. The lowest BCUT2D eigenvalue weighted by molar-refractivity contribution is 0.167. The lowest BCUT2D eigenvalue weighted by Gasteiger charge is -2.26. The zero-order valence-corrected chi connectivity index (χ0v) is 17.6. The summed E-state index contributed by atoms with van der Waals surface area (Å²) in [5, 5.41) is 4.07. The zero-order chi connectivity index (χ0) is 21.1. The van der Waals surface area contributed by atoms with Gasteiger partial charge in [0.05, 0.1) is 18.1 Å². The van der Waals surface area contributed by atoms with E-state index in [2.05, 4.69) is 17.1 Å². The summed E-state index contributed by atoms with van der Waals surface area (Å²) in [7, 11) is -3.08. The Hall–Kier alpha value is -2.58. The predicted molar refractivity (Wildman–Crippen MR) is 112 cm³/mol. The van der Waals surface area contributed by atoms with Crippen LogP contribution in [0.3, 0.4) is 0 Å². The molecule has 0 unspecified atom stereocenters. The molecule has 158 valence electrons. The molecule has 0 N–H and O–H groups in total. The van der Waals surface area contributed by atoms with Crippen LogP contribution in [0.5, 0.6) is 0 Å². The minimum atomic E-state index is -3.08. The molecular formula is C22H24FN3O3S. The Bertz CT molecular complexity index is 1110. The maximum Gasteiger partial charge on any atom is 0.241 e. The van der Waals surface area contributed by atoms with Gasteiger partial charge in [0.2, 0.25) is 11.7 Å². The molecule has 1 saturated heterocycles. The van der Waals surface area contributed by atoms with Crippen molar-refractivity contribution in [3.05, 3.63) is 71.4 Å². The van der Waals surface area contributed by atoms with Crippen LogP contribution in [-0.2, 0) is 29.3 Å². The predicted octanol–water partition coefficient (Wildman–Crippen LogP) is 3.63. The Labute approximate surface area is 175 Å². The molecule has 0 amide bonds. The van der Waals surface area contributed by atoms with Crippen LogP contribution >= 0.6 is 0 Å². The van der Waals surface area contributed by atoms with Crippen LogP contribution in [0.15, 0.2) is 53.1 Å². The van der Waals surface area contributed by atoms with Crippen molar-refractivity contribution in [2.45, 2.75) is 38.9 Å². The summed E-state index contributed by atoms with van der Waals surface area (Å²) in [5.41, 5.74) is 2.59. The SMILES string of the molecule is CCc1ccc(-c2noc(CN(Cc3ccccc3F)[C@H]3CCS(=O)(=O)C3)n2)cc1. The van der Waals surface area contributed by atoms with Gasteiger partial charge in [0.15, 0.2) is 9.84 Å². The first-order valence-corrected chi connectivity index (χ1v) is 11.9. The van der Waals surface area contributed by atoms with Crippen molar-refractivity contribution in [3.8, 4) is 11.4 Å².